The van der Waals surface area contributed by atoms with E-state index < -0.39 is 0 Å². The first-order valence-electron chi connectivity index (χ1n) is 4.61. The number of rotatable bonds is 4. The van der Waals surface area contributed by atoms with E-state index in [1.807, 2.05) is 13.1 Å². The Balaban J connectivity index is 2.67. The molecule has 13 heavy (non-hydrogen) atoms. The zero-order chi connectivity index (χ0) is 9.68. The van der Waals surface area contributed by atoms with Crippen molar-refractivity contribution < 1.29 is 0 Å². The van der Waals surface area contributed by atoms with Crippen molar-refractivity contribution in [2.45, 2.75) is 6.04 Å². The molecule has 0 radical (unpaired) electrons. The molecular formula is C11H18N2. The Labute approximate surface area is 80.6 Å². The van der Waals surface area contributed by atoms with Gasteiger partial charge in [-0.2, -0.15) is 0 Å². The van der Waals surface area contributed by atoms with Crippen molar-refractivity contribution in [1.29, 1.82) is 0 Å². The van der Waals surface area contributed by atoms with Crippen LogP contribution in [0.15, 0.2) is 30.3 Å². The summed E-state index contributed by atoms with van der Waals surface area (Å²) in [5.74, 6) is 0. The molecule has 0 heterocycles. The normalized spacial score (nSPS) is 13.2. The van der Waals surface area contributed by atoms with E-state index in [1.165, 1.54) is 5.56 Å². The molecule has 0 saturated carbocycles. The van der Waals surface area contributed by atoms with E-state index in [9.17, 15) is 0 Å². The lowest BCUT2D eigenvalue weighted by molar-refractivity contribution is 0.353. The fourth-order valence-corrected chi connectivity index (χ4v) is 1.41. The molecule has 2 heteroatoms. The number of benzene rings is 1. The third kappa shape index (κ3) is 3.17. The monoisotopic (exact) mass is 178 g/mol. The summed E-state index contributed by atoms with van der Waals surface area (Å²) in [4.78, 5) is 2.19. The second kappa shape index (κ2) is 5.00. The van der Waals surface area contributed by atoms with Gasteiger partial charge in [0.2, 0.25) is 0 Å². The van der Waals surface area contributed by atoms with Crippen LogP contribution in [-0.2, 0) is 0 Å². The van der Waals surface area contributed by atoms with Gasteiger partial charge < -0.3 is 10.2 Å². The number of likely N-dealkylation sites (N-methyl/N-ethyl adjacent to an activating group) is 2. The number of nitrogens with zero attached hydrogens (tertiary/aromatic N) is 1. The van der Waals surface area contributed by atoms with Crippen molar-refractivity contribution in [3.05, 3.63) is 35.9 Å². The first-order chi connectivity index (χ1) is 6.24. The smallest absolute Gasteiger partial charge is 0.0446 e. The van der Waals surface area contributed by atoms with Crippen LogP contribution in [0.25, 0.3) is 0 Å². The molecule has 0 unspecified atom stereocenters. The van der Waals surface area contributed by atoms with Crippen LogP contribution >= 0.6 is 0 Å². The summed E-state index contributed by atoms with van der Waals surface area (Å²) in [6.45, 7) is 1.03. The van der Waals surface area contributed by atoms with E-state index in [0.717, 1.165) is 6.54 Å². The molecule has 0 aliphatic heterocycles. The highest BCUT2D eigenvalue weighted by Crippen LogP contribution is 2.11. The van der Waals surface area contributed by atoms with Crippen LogP contribution in [0, 0.1) is 0 Å². The molecule has 0 aliphatic carbocycles. The minimum atomic E-state index is 0.427. The Bertz CT molecular complexity index is 231. The van der Waals surface area contributed by atoms with Gasteiger partial charge in [-0.3, -0.25) is 0 Å². The molecule has 2 nitrogen and oxygen atoms in total. The molecule has 0 fully saturated rings. The molecular weight excluding hydrogens is 160 g/mol. The molecule has 1 atom stereocenters. The lowest BCUT2D eigenvalue weighted by Gasteiger charge is -2.20. The van der Waals surface area contributed by atoms with E-state index in [0.29, 0.717) is 6.04 Å². The SMILES string of the molecule is CN[C@@H](CN(C)C)c1ccccc1. The van der Waals surface area contributed by atoms with E-state index in [-0.39, 0.29) is 0 Å². The predicted octanol–water partition coefficient (Wildman–Crippen LogP) is 1.51. The third-order valence-corrected chi connectivity index (χ3v) is 2.10. The van der Waals surface area contributed by atoms with Crippen molar-refractivity contribution in [2.75, 3.05) is 27.7 Å². The van der Waals surface area contributed by atoms with Gasteiger partial charge >= 0.3 is 0 Å². The Morgan fingerprint density at radius 2 is 1.85 bits per heavy atom. The maximum Gasteiger partial charge on any atom is 0.0446 e. The van der Waals surface area contributed by atoms with Crippen LogP contribution in [0.5, 0.6) is 0 Å². The first-order valence-corrected chi connectivity index (χ1v) is 4.61. The summed E-state index contributed by atoms with van der Waals surface area (Å²) in [7, 11) is 6.18. The van der Waals surface area contributed by atoms with Crippen LogP contribution < -0.4 is 5.32 Å². The van der Waals surface area contributed by atoms with Crippen LogP contribution in [0.4, 0.5) is 0 Å². The molecule has 1 aromatic carbocycles. The summed E-state index contributed by atoms with van der Waals surface area (Å²) in [5.41, 5.74) is 1.35. The van der Waals surface area contributed by atoms with Gasteiger partial charge in [-0.15, -0.1) is 0 Å². The van der Waals surface area contributed by atoms with Gasteiger partial charge in [-0.25, -0.2) is 0 Å². The lowest BCUT2D eigenvalue weighted by Crippen LogP contribution is -2.28. The lowest BCUT2D eigenvalue weighted by atomic mass is 10.1. The Hall–Kier alpha value is -0.860. The fraction of sp³-hybridized carbons (Fsp3) is 0.455. The molecule has 1 rings (SSSR count). The van der Waals surface area contributed by atoms with Gasteiger partial charge in [-0.1, -0.05) is 30.3 Å². The summed E-state index contributed by atoms with van der Waals surface area (Å²) >= 11 is 0. The van der Waals surface area contributed by atoms with Gasteiger partial charge in [0.1, 0.15) is 0 Å². The highest BCUT2D eigenvalue weighted by atomic mass is 15.1. The Kier molecular flexibility index (Phi) is 3.93. The van der Waals surface area contributed by atoms with Gasteiger partial charge in [-0.05, 0) is 26.7 Å². The predicted molar refractivity (Wildman–Crippen MR) is 56.8 cm³/mol. The van der Waals surface area contributed by atoms with Gasteiger partial charge in [0.25, 0.3) is 0 Å². The highest BCUT2D eigenvalue weighted by molar-refractivity contribution is 5.19. The zero-order valence-corrected chi connectivity index (χ0v) is 8.62. The standard InChI is InChI=1S/C11H18N2/c1-12-11(9-13(2)3)10-7-5-4-6-8-10/h4-8,11-12H,9H2,1-3H3/t11-/m0/s1. The molecule has 0 spiro atoms. The van der Waals surface area contributed by atoms with Crippen molar-refractivity contribution in [1.82, 2.24) is 10.2 Å². The summed E-state index contributed by atoms with van der Waals surface area (Å²) in [6.07, 6.45) is 0. The average Bonchev–Trinajstić information content (AvgIpc) is 2.15. The first kappa shape index (κ1) is 10.2. The molecule has 0 aromatic heterocycles. The molecule has 72 valence electrons. The van der Waals surface area contributed by atoms with Crippen LogP contribution in [0.2, 0.25) is 0 Å². The minimum Gasteiger partial charge on any atom is -0.312 e. The second-order valence-corrected chi connectivity index (χ2v) is 3.51. The average molecular weight is 178 g/mol. The van der Waals surface area contributed by atoms with Crippen LogP contribution in [-0.4, -0.2) is 32.6 Å². The molecule has 0 saturated heterocycles. The van der Waals surface area contributed by atoms with Crippen molar-refractivity contribution in [2.24, 2.45) is 0 Å². The molecule has 1 N–H and O–H groups in total. The number of nitrogens with one attached hydrogen (secondary N) is 1. The summed E-state index contributed by atoms with van der Waals surface area (Å²) in [6, 6.07) is 10.9. The van der Waals surface area contributed by atoms with E-state index in [2.05, 4.69) is 48.6 Å². The van der Waals surface area contributed by atoms with E-state index in [4.69, 9.17) is 0 Å². The number of hydrogen-bond acceptors (Lipinski definition) is 2. The minimum absolute atomic E-state index is 0.427. The Morgan fingerprint density at radius 3 is 2.31 bits per heavy atom. The zero-order valence-electron chi connectivity index (χ0n) is 8.62. The topological polar surface area (TPSA) is 15.3 Å². The third-order valence-electron chi connectivity index (χ3n) is 2.10. The number of hydrogen-bond donors (Lipinski definition) is 1. The van der Waals surface area contributed by atoms with Gasteiger partial charge in [0.05, 0.1) is 0 Å². The van der Waals surface area contributed by atoms with Gasteiger partial charge in [0.15, 0.2) is 0 Å². The fourth-order valence-electron chi connectivity index (χ4n) is 1.41. The summed E-state index contributed by atoms with van der Waals surface area (Å²) in [5, 5.41) is 3.31. The van der Waals surface area contributed by atoms with Crippen molar-refractivity contribution in [3.8, 4) is 0 Å². The molecule has 1 aromatic rings. The van der Waals surface area contributed by atoms with Crippen molar-refractivity contribution in [3.63, 3.8) is 0 Å². The summed E-state index contributed by atoms with van der Waals surface area (Å²) < 4.78 is 0. The quantitative estimate of drug-likeness (QED) is 0.752. The maximum atomic E-state index is 3.31. The van der Waals surface area contributed by atoms with Crippen LogP contribution in [0.1, 0.15) is 11.6 Å². The second-order valence-electron chi connectivity index (χ2n) is 3.51. The largest absolute Gasteiger partial charge is 0.312 e. The van der Waals surface area contributed by atoms with E-state index >= 15 is 0 Å². The molecule has 0 bridgehead atoms. The molecule has 0 aliphatic rings. The maximum absolute atomic E-state index is 3.31. The van der Waals surface area contributed by atoms with Crippen molar-refractivity contribution >= 4 is 0 Å². The highest BCUT2D eigenvalue weighted by Gasteiger charge is 2.08. The van der Waals surface area contributed by atoms with E-state index in [1.54, 1.807) is 0 Å². The van der Waals surface area contributed by atoms with Gasteiger partial charge in [0, 0.05) is 12.6 Å². The Morgan fingerprint density at radius 1 is 1.23 bits per heavy atom. The van der Waals surface area contributed by atoms with Crippen LogP contribution in [0.3, 0.4) is 0 Å². The molecule has 0 amide bonds.